The van der Waals surface area contributed by atoms with E-state index in [2.05, 4.69) is 22.2 Å². The number of hydrogen-bond acceptors (Lipinski definition) is 5. The Bertz CT molecular complexity index is 427. The molecule has 15 heavy (non-hydrogen) atoms. The van der Waals surface area contributed by atoms with Crippen LogP contribution in [0, 0.1) is 0 Å². The summed E-state index contributed by atoms with van der Waals surface area (Å²) in [7, 11) is 0. The Morgan fingerprint density at radius 1 is 1.47 bits per heavy atom. The summed E-state index contributed by atoms with van der Waals surface area (Å²) in [6, 6.07) is 2.03. The number of aromatic nitrogens is 2. The van der Waals surface area contributed by atoms with E-state index in [-0.39, 0.29) is 6.04 Å². The van der Waals surface area contributed by atoms with E-state index in [4.69, 9.17) is 5.73 Å². The number of rotatable bonds is 3. The topological polar surface area (TPSA) is 63.8 Å². The van der Waals surface area contributed by atoms with Crippen LogP contribution < -0.4 is 11.1 Å². The smallest absolute Gasteiger partial charge is 0.115 e. The van der Waals surface area contributed by atoms with Crippen LogP contribution in [0.5, 0.6) is 0 Å². The van der Waals surface area contributed by atoms with Crippen molar-refractivity contribution in [1.29, 1.82) is 0 Å². The van der Waals surface area contributed by atoms with Crippen molar-refractivity contribution in [3.8, 4) is 0 Å². The number of anilines is 2. The molecule has 1 unspecified atom stereocenters. The van der Waals surface area contributed by atoms with Gasteiger partial charge in [-0.15, -0.1) is 11.3 Å². The summed E-state index contributed by atoms with van der Waals surface area (Å²) < 4.78 is 0. The summed E-state index contributed by atoms with van der Waals surface area (Å²) >= 11 is 1.63. The molecule has 0 aliphatic carbocycles. The third kappa shape index (κ3) is 2.44. The monoisotopic (exact) mass is 220 g/mol. The van der Waals surface area contributed by atoms with Gasteiger partial charge in [0.25, 0.3) is 0 Å². The number of hydrogen-bond donors (Lipinski definition) is 2. The Kier molecular flexibility index (Phi) is 2.82. The highest BCUT2D eigenvalue weighted by Crippen LogP contribution is 2.20. The summed E-state index contributed by atoms with van der Waals surface area (Å²) in [5.41, 5.74) is 7.21. The van der Waals surface area contributed by atoms with Crippen LogP contribution in [0.4, 0.5) is 11.4 Å². The summed E-state index contributed by atoms with van der Waals surface area (Å²) in [4.78, 5) is 8.25. The molecule has 5 heteroatoms. The number of nitrogen functional groups attached to an aromatic ring is 1. The SMILES string of the molecule is CC(Nc1cncc(N)c1)c1nccs1. The molecule has 2 aromatic heterocycles. The molecule has 0 spiro atoms. The molecule has 78 valence electrons. The molecule has 0 radical (unpaired) electrons. The maximum atomic E-state index is 5.64. The van der Waals surface area contributed by atoms with E-state index in [0.29, 0.717) is 5.69 Å². The largest absolute Gasteiger partial charge is 0.397 e. The molecule has 0 bridgehead atoms. The van der Waals surface area contributed by atoms with Crippen LogP contribution >= 0.6 is 11.3 Å². The van der Waals surface area contributed by atoms with Crippen molar-refractivity contribution in [3.63, 3.8) is 0 Å². The molecule has 2 aromatic rings. The van der Waals surface area contributed by atoms with Crippen molar-refractivity contribution in [3.05, 3.63) is 35.0 Å². The Morgan fingerprint density at radius 3 is 3.00 bits per heavy atom. The third-order valence-electron chi connectivity index (χ3n) is 1.96. The first kappa shape index (κ1) is 9.92. The van der Waals surface area contributed by atoms with Gasteiger partial charge in [-0.25, -0.2) is 4.98 Å². The fraction of sp³-hybridized carbons (Fsp3) is 0.200. The van der Waals surface area contributed by atoms with E-state index in [1.807, 2.05) is 11.4 Å². The van der Waals surface area contributed by atoms with Gasteiger partial charge in [0.15, 0.2) is 0 Å². The number of nitrogens with one attached hydrogen (secondary N) is 1. The normalized spacial score (nSPS) is 12.3. The Morgan fingerprint density at radius 2 is 2.33 bits per heavy atom. The molecule has 0 amide bonds. The van der Waals surface area contributed by atoms with Crippen molar-refractivity contribution < 1.29 is 0 Å². The van der Waals surface area contributed by atoms with Gasteiger partial charge in [-0.1, -0.05) is 0 Å². The predicted molar refractivity (Wildman–Crippen MR) is 62.8 cm³/mol. The average molecular weight is 220 g/mol. The van der Waals surface area contributed by atoms with Gasteiger partial charge in [0.05, 0.1) is 23.6 Å². The van der Waals surface area contributed by atoms with E-state index in [0.717, 1.165) is 10.7 Å². The standard InChI is InChI=1S/C10H12N4S/c1-7(10-13-2-3-15-10)14-9-4-8(11)5-12-6-9/h2-7,14H,11H2,1H3. The minimum Gasteiger partial charge on any atom is -0.397 e. The van der Waals surface area contributed by atoms with Crippen LogP contribution in [0.25, 0.3) is 0 Å². The summed E-state index contributed by atoms with van der Waals surface area (Å²) in [6.45, 7) is 2.06. The highest BCUT2D eigenvalue weighted by atomic mass is 32.1. The first-order valence-electron chi connectivity index (χ1n) is 4.62. The van der Waals surface area contributed by atoms with E-state index < -0.39 is 0 Å². The van der Waals surface area contributed by atoms with Gasteiger partial charge in [0.2, 0.25) is 0 Å². The second-order valence-corrected chi connectivity index (χ2v) is 4.17. The van der Waals surface area contributed by atoms with Crippen LogP contribution in [-0.2, 0) is 0 Å². The molecular weight excluding hydrogens is 208 g/mol. The number of nitrogens with zero attached hydrogens (tertiary/aromatic N) is 2. The lowest BCUT2D eigenvalue weighted by Gasteiger charge is -2.12. The maximum Gasteiger partial charge on any atom is 0.115 e. The van der Waals surface area contributed by atoms with Crippen molar-refractivity contribution in [2.75, 3.05) is 11.1 Å². The second kappa shape index (κ2) is 4.27. The zero-order valence-electron chi connectivity index (χ0n) is 8.34. The molecule has 0 aliphatic rings. The van der Waals surface area contributed by atoms with E-state index in [9.17, 15) is 0 Å². The highest BCUT2D eigenvalue weighted by molar-refractivity contribution is 7.09. The van der Waals surface area contributed by atoms with Gasteiger partial charge in [0.1, 0.15) is 5.01 Å². The Labute approximate surface area is 92.2 Å². The molecule has 0 aliphatic heterocycles. The van der Waals surface area contributed by atoms with Gasteiger partial charge in [-0.2, -0.15) is 0 Å². The van der Waals surface area contributed by atoms with E-state index in [1.54, 1.807) is 29.9 Å². The minimum absolute atomic E-state index is 0.175. The molecule has 0 aromatic carbocycles. The van der Waals surface area contributed by atoms with Crippen LogP contribution in [-0.4, -0.2) is 9.97 Å². The first-order valence-corrected chi connectivity index (χ1v) is 5.50. The predicted octanol–water partition coefficient (Wildman–Crippen LogP) is 2.29. The van der Waals surface area contributed by atoms with Gasteiger partial charge >= 0.3 is 0 Å². The molecule has 2 heterocycles. The minimum atomic E-state index is 0.175. The summed E-state index contributed by atoms with van der Waals surface area (Å²) in [6.07, 6.45) is 5.18. The lowest BCUT2D eigenvalue weighted by molar-refractivity contribution is 0.868. The second-order valence-electron chi connectivity index (χ2n) is 3.24. The molecular formula is C10H12N4S. The maximum absolute atomic E-state index is 5.64. The lowest BCUT2D eigenvalue weighted by atomic mass is 10.3. The van der Waals surface area contributed by atoms with Crippen molar-refractivity contribution in [1.82, 2.24) is 9.97 Å². The third-order valence-corrected chi connectivity index (χ3v) is 2.92. The molecule has 0 saturated heterocycles. The average Bonchev–Trinajstić information content (AvgIpc) is 2.70. The number of thiazole rings is 1. The van der Waals surface area contributed by atoms with Crippen LogP contribution in [0.1, 0.15) is 18.0 Å². The van der Waals surface area contributed by atoms with Gasteiger partial charge in [0, 0.05) is 17.8 Å². The van der Waals surface area contributed by atoms with Gasteiger partial charge in [-0.05, 0) is 13.0 Å². The summed E-state index contributed by atoms with van der Waals surface area (Å²) in [5.74, 6) is 0. The van der Waals surface area contributed by atoms with Crippen molar-refractivity contribution in [2.24, 2.45) is 0 Å². The highest BCUT2D eigenvalue weighted by Gasteiger charge is 2.07. The molecule has 3 N–H and O–H groups in total. The fourth-order valence-electron chi connectivity index (χ4n) is 1.30. The Balaban J connectivity index is 2.09. The van der Waals surface area contributed by atoms with Crippen LogP contribution in [0.15, 0.2) is 30.0 Å². The van der Waals surface area contributed by atoms with Crippen molar-refractivity contribution in [2.45, 2.75) is 13.0 Å². The van der Waals surface area contributed by atoms with Crippen LogP contribution in [0.3, 0.4) is 0 Å². The van der Waals surface area contributed by atoms with Crippen molar-refractivity contribution >= 4 is 22.7 Å². The number of pyridine rings is 1. The Hall–Kier alpha value is -1.62. The first-order chi connectivity index (χ1) is 7.25. The van der Waals surface area contributed by atoms with Crippen LogP contribution in [0.2, 0.25) is 0 Å². The molecule has 2 rings (SSSR count). The number of nitrogens with two attached hydrogens (primary N) is 1. The van der Waals surface area contributed by atoms with Gasteiger partial charge < -0.3 is 11.1 Å². The quantitative estimate of drug-likeness (QED) is 0.833. The zero-order valence-corrected chi connectivity index (χ0v) is 9.16. The molecule has 0 fully saturated rings. The lowest BCUT2D eigenvalue weighted by Crippen LogP contribution is -2.06. The zero-order chi connectivity index (χ0) is 10.7. The molecule has 1 atom stereocenters. The van der Waals surface area contributed by atoms with E-state index in [1.165, 1.54) is 0 Å². The van der Waals surface area contributed by atoms with E-state index >= 15 is 0 Å². The molecule has 0 saturated carbocycles. The molecule has 4 nitrogen and oxygen atoms in total. The summed E-state index contributed by atoms with van der Waals surface area (Å²) in [5, 5.41) is 6.31. The fourth-order valence-corrected chi connectivity index (χ4v) is 1.94. The van der Waals surface area contributed by atoms with Gasteiger partial charge in [-0.3, -0.25) is 4.98 Å².